The molecule has 5 heteroatoms. The molecule has 0 aliphatic carbocycles. The van der Waals surface area contributed by atoms with Crippen molar-refractivity contribution in [3.05, 3.63) is 58.5 Å². The summed E-state index contributed by atoms with van der Waals surface area (Å²) in [5.74, 6) is 0.187. The fraction of sp³-hybridized carbons (Fsp3) is 0.312. The molecule has 3 nitrogen and oxygen atoms in total. The average molecular weight is 309 g/mol. The second kappa shape index (κ2) is 7.38. The number of benzene rings is 1. The smallest absolute Gasteiger partial charge is 0.218 e. The summed E-state index contributed by atoms with van der Waals surface area (Å²) < 4.78 is 18.9. The molecule has 1 aromatic carbocycles. The number of pyridine rings is 1. The zero-order valence-corrected chi connectivity index (χ0v) is 12.8. The van der Waals surface area contributed by atoms with Crippen LogP contribution in [0.1, 0.15) is 30.5 Å². The lowest BCUT2D eigenvalue weighted by Crippen LogP contribution is -2.24. The van der Waals surface area contributed by atoms with Crippen LogP contribution in [-0.2, 0) is 0 Å². The molecule has 0 radical (unpaired) electrons. The average Bonchev–Trinajstić information content (AvgIpc) is 2.51. The van der Waals surface area contributed by atoms with E-state index >= 15 is 0 Å². The molecule has 0 spiro atoms. The van der Waals surface area contributed by atoms with Crippen LogP contribution in [-0.4, -0.2) is 18.6 Å². The molecule has 1 N–H and O–H groups in total. The normalized spacial score (nSPS) is 12.2. The van der Waals surface area contributed by atoms with E-state index in [1.54, 1.807) is 19.4 Å². The van der Waals surface area contributed by atoms with Gasteiger partial charge >= 0.3 is 0 Å². The Kier molecular flexibility index (Phi) is 5.53. The Morgan fingerprint density at radius 3 is 2.86 bits per heavy atom. The van der Waals surface area contributed by atoms with Gasteiger partial charge < -0.3 is 10.1 Å². The van der Waals surface area contributed by atoms with Gasteiger partial charge in [0.1, 0.15) is 5.82 Å². The summed E-state index contributed by atoms with van der Waals surface area (Å²) >= 11 is 6.25. The summed E-state index contributed by atoms with van der Waals surface area (Å²) in [7, 11) is 1.57. The Balaban J connectivity index is 2.49. The second-order valence-electron chi connectivity index (χ2n) is 4.65. The molecule has 21 heavy (non-hydrogen) atoms. The molecule has 1 aromatic heterocycles. The molecule has 2 rings (SSSR count). The predicted octanol–water partition coefficient (Wildman–Crippen LogP) is 3.97. The summed E-state index contributed by atoms with van der Waals surface area (Å²) in [6.07, 6.45) is 2.61. The van der Waals surface area contributed by atoms with Gasteiger partial charge in [0.05, 0.1) is 13.2 Å². The maximum atomic E-state index is 13.6. The zero-order chi connectivity index (χ0) is 15.2. The molecule has 0 amide bonds. The van der Waals surface area contributed by atoms with Gasteiger partial charge in [-0.05, 0) is 42.8 Å². The van der Waals surface area contributed by atoms with Crippen LogP contribution in [0.4, 0.5) is 4.39 Å². The Morgan fingerprint density at radius 1 is 1.33 bits per heavy atom. The molecule has 2 aromatic rings. The highest BCUT2D eigenvalue weighted by Crippen LogP contribution is 2.32. The molecule has 1 heterocycles. The zero-order valence-electron chi connectivity index (χ0n) is 12.1. The van der Waals surface area contributed by atoms with Gasteiger partial charge in [-0.2, -0.15) is 0 Å². The van der Waals surface area contributed by atoms with E-state index in [1.807, 2.05) is 12.1 Å². The summed E-state index contributed by atoms with van der Waals surface area (Å²) in [4.78, 5) is 4.20. The van der Waals surface area contributed by atoms with E-state index in [0.29, 0.717) is 16.5 Å². The summed E-state index contributed by atoms with van der Waals surface area (Å²) in [6.45, 7) is 2.84. The molecule has 1 atom stereocenters. The molecule has 0 aliphatic heterocycles. The summed E-state index contributed by atoms with van der Waals surface area (Å²) in [6, 6.07) is 7.82. The predicted molar refractivity (Wildman–Crippen MR) is 82.3 cm³/mol. The van der Waals surface area contributed by atoms with Crippen molar-refractivity contribution in [2.45, 2.75) is 19.4 Å². The Morgan fingerprint density at radius 2 is 2.14 bits per heavy atom. The van der Waals surface area contributed by atoms with Gasteiger partial charge in [0, 0.05) is 16.8 Å². The number of hydrogen-bond donors (Lipinski definition) is 1. The van der Waals surface area contributed by atoms with Crippen LogP contribution in [0.25, 0.3) is 0 Å². The van der Waals surface area contributed by atoms with E-state index < -0.39 is 0 Å². The van der Waals surface area contributed by atoms with Crippen molar-refractivity contribution < 1.29 is 9.13 Å². The van der Waals surface area contributed by atoms with Gasteiger partial charge in [0.15, 0.2) is 0 Å². The van der Waals surface area contributed by atoms with Crippen molar-refractivity contribution in [3.8, 4) is 5.88 Å². The lowest BCUT2D eigenvalue weighted by molar-refractivity contribution is 0.386. The van der Waals surface area contributed by atoms with Crippen molar-refractivity contribution in [2.24, 2.45) is 0 Å². The summed E-state index contributed by atoms with van der Waals surface area (Å²) in [5.41, 5.74) is 1.51. The number of nitrogens with one attached hydrogen (secondary N) is 1. The van der Waals surface area contributed by atoms with Crippen LogP contribution < -0.4 is 10.1 Å². The molecule has 0 saturated carbocycles. The van der Waals surface area contributed by atoms with E-state index in [0.717, 1.165) is 18.5 Å². The molecule has 112 valence electrons. The Bertz CT molecular complexity index is 607. The van der Waals surface area contributed by atoms with Crippen LogP contribution in [0.15, 0.2) is 36.5 Å². The third kappa shape index (κ3) is 3.71. The van der Waals surface area contributed by atoms with E-state index in [9.17, 15) is 4.39 Å². The van der Waals surface area contributed by atoms with Crippen LogP contribution in [0.2, 0.25) is 5.02 Å². The standard InChI is InChI=1S/C16H18ClFN2O/c1-3-8-19-15(12-5-4-9-20-16(12)21-2)13-10-11(18)6-7-14(13)17/h4-7,9-10,15,19H,3,8H2,1-2H3. The third-order valence-electron chi connectivity index (χ3n) is 3.17. The van der Waals surface area contributed by atoms with Gasteiger partial charge in [0.2, 0.25) is 5.88 Å². The molecule has 1 unspecified atom stereocenters. The van der Waals surface area contributed by atoms with Gasteiger partial charge in [-0.25, -0.2) is 9.37 Å². The number of nitrogens with zero attached hydrogens (tertiary/aromatic N) is 1. The number of halogens is 2. The topological polar surface area (TPSA) is 34.2 Å². The van der Waals surface area contributed by atoms with Gasteiger partial charge in [-0.1, -0.05) is 24.6 Å². The maximum Gasteiger partial charge on any atom is 0.218 e. The molecule has 0 bridgehead atoms. The van der Waals surface area contributed by atoms with Gasteiger partial charge in [-0.3, -0.25) is 0 Å². The number of methoxy groups -OCH3 is 1. The molecule has 0 saturated heterocycles. The first-order chi connectivity index (χ1) is 10.2. The highest BCUT2D eigenvalue weighted by Gasteiger charge is 2.21. The number of hydrogen-bond acceptors (Lipinski definition) is 3. The van der Waals surface area contributed by atoms with Crippen LogP contribution in [0.3, 0.4) is 0 Å². The largest absolute Gasteiger partial charge is 0.481 e. The van der Waals surface area contributed by atoms with E-state index in [-0.39, 0.29) is 11.9 Å². The molecule has 0 aliphatic rings. The molecular weight excluding hydrogens is 291 g/mol. The molecule has 0 fully saturated rings. The lowest BCUT2D eigenvalue weighted by atomic mass is 9.99. The van der Waals surface area contributed by atoms with E-state index in [4.69, 9.17) is 16.3 Å². The van der Waals surface area contributed by atoms with Crippen molar-refractivity contribution >= 4 is 11.6 Å². The minimum absolute atomic E-state index is 0.267. The monoisotopic (exact) mass is 308 g/mol. The lowest BCUT2D eigenvalue weighted by Gasteiger charge is -2.22. The first-order valence-electron chi connectivity index (χ1n) is 6.84. The van der Waals surface area contributed by atoms with Crippen molar-refractivity contribution in [2.75, 3.05) is 13.7 Å². The minimum atomic E-state index is -0.319. The number of ether oxygens (including phenoxy) is 1. The fourth-order valence-electron chi connectivity index (χ4n) is 2.21. The van der Waals surface area contributed by atoms with Crippen LogP contribution in [0.5, 0.6) is 5.88 Å². The van der Waals surface area contributed by atoms with Crippen molar-refractivity contribution in [1.82, 2.24) is 10.3 Å². The minimum Gasteiger partial charge on any atom is -0.481 e. The Labute approximate surface area is 129 Å². The SMILES string of the molecule is CCCNC(c1cc(F)ccc1Cl)c1cccnc1OC. The summed E-state index contributed by atoms with van der Waals surface area (Å²) in [5, 5.41) is 3.88. The Hall–Kier alpha value is -1.65. The van der Waals surface area contributed by atoms with Crippen LogP contribution in [0, 0.1) is 5.82 Å². The van der Waals surface area contributed by atoms with E-state index in [1.165, 1.54) is 12.1 Å². The van der Waals surface area contributed by atoms with Gasteiger partial charge in [-0.15, -0.1) is 0 Å². The molecular formula is C16H18ClFN2O. The second-order valence-corrected chi connectivity index (χ2v) is 5.06. The first kappa shape index (κ1) is 15.7. The highest BCUT2D eigenvalue weighted by atomic mass is 35.5. The van der Waals surface area contributed by atoms with Crippen molar-refractivity contribution in [3.63, 3.8) is 0 Å². The van der Waals surface area contributed by atoms with E-state index in [2.05, 4.69) is 17.2 Å². The van der Waals surface area contributed by atoms with Crippen molar-refractivity contribution in [1.29, 1.82) is 0 Å². The fourth-order valence-corrected chi connectivity index (χ4v) is 2.43. The highest BCUT2D eigenvalue weighted by molar-refractivity contribution is 6.31. The first-order valence-corrected chi connectivity index (χ1v) is 7.22. The quantitative estimate of drug-likeness (QED) is 0.876. The van der Waals surface area contributed by atoms with Gasteiger partial charge in [0.25, 0.3) is 0 Å². The number of rotatable bonds is 6. The number of aromatic nitrogens is 1. The van der Waals surface area contributed by atoms with Crippen LogP contribution >= 0.6 is 11.6 Å². The maximum absolute atomic E-state index is 13.6. The third-order valence-corrected chi connectivity index (χ3v) is 3.52.